The summed E-state index contributed by atoms with van der Waals surface area (Å²) in [6.45, 7) is 4.67. The maximum Gasteiger partial charge on any atom is 0.188 e. The van der Waals surface area contributed by atoms with Crippen molar-refractivity contribution in [3.8, 4) is 0 Å². The Morgan fingerprint density at radius 3 is 2.70 bits per heavy atom. The van der Waals surface area contributed by atoms with Gasteiger partial charge in [-0.05, 0) is 43.2 Å². The van der Waals surface area contributed by atoms with Gasteiger partial charge in [-0.25, -0.2) is 0 Å². The van der Waals surface area contributed by atoms with Crippen LogP contribution in [0.4, 0.5) is 0 Å². The number of carbonyl (C=O) groups excluding carboxylic acids is 1. The molecule has 0 N–H and O–H groups in total. The molecule has 0 spiro atoms. The summed E-state index contributed by atoms with van der Waals surface area (Å²) in [4.78, 5) is 16.2. The zero-order chi connectivity index (χ0) is 14.4. The first kappa shape index (κ1) is 14.4. The number of hydrogen-bond donors (Lipinski definition) is 0. The Balaban J connectivity index is 1.79. The van der Waals surface area contributed by atoms with E-state index in [1.54, 1.807) is 6.20 Å². The Morgan fingerprint density at radius 1 is 1.15 bits per heavy atom. The van der Waals surface area contributed by atoms with Crippen molar-refractivity contribution in [3.63, 3.8) is 0 Å². The van der Waals surface area contributed by atoms with E-state index < -0.39 is 0 Å². The molecular weight excluding hydrogens is 250 g/mol. The molecule has 2 aromatic rings. The van der Waals surface area contributed by atoms with Crippen molar-refractivity contribution in [3.05, 3.63) is 65.0 Å². The van der Waals surface area contributed by atoms with Gasteiger partial charge in [0.15, 0.2) is 5.78 Å². The van der Waals surface area contributed by atoms with E-state index in [-0.39, 0.29) is 12.4 Å². The lowest BCUT2D eigenvalue weighted by Crippen LogP contribution is -2.11. The Labute approximate surface area is 119 Å². The van der Waals surface area contributed by atoms with Gasteiger partial charge in [0.25, 0.3) is 0 Å². The summed E-state index contributed by atoms with van der Waals surface area (Å²) < 4.78 is 5.43. The third-order valence-corrected chi connectivity index (χ3v) is 3.29. The largest absolute Gasteiger partial charge is 0.373 e. The van der Waals surface area contributed by atoms with Crippen molar-refractivity contribution in [2.75, 3.05) is 13.2 Å². The van der Waals surface area contributed by atoms with Crippen molar-refractivity contribution in [2.45, 2.75) is 20.3 Å². The smallest absolute Gasteiger partial charge is 0.188 e. The maximum absolute atomic E-state index is 12.0. The number of aryl methyl sites for hydroxylation is 2. The minimum absolute atomic E-state index is 0.0223. The lowest BCUT2D eigenvalue weighted by atomic mass is 10.0. The Bertz CT molecular complexity index is 579. The number of rotatable bonds is 6. The molecule has 0 aliphatic carbocycles. The normalized spacial score (nSPS) is 10.5. The summed E-state index contributed by atoms with van der Waals surface area (Å²) in [5.74, 6) is 0.0223. The second kappa shape index (κ2) is 6.96. The van der Waals surface area contributed by atoms with Gasteiger partial charge in [0.2, 0.25) is 0 Å². The van der Waals surface area contributed by atoms with E-state index in [9.17, 15) is 4.79 Å². The zero-order valence-corrected chi connectivity index (χ0v) is 11.9. The van der Waals surface area contributed by atoms with Crippen LogP contribution in [-0.4, -0.2) is 24.0 Å². The van der Waals surface area contributed by atoms with Crippen LogP contribution in [0.2, 0.25) is 0 Å². The Morgan fingerprint density at radius 2 is 2.00 bits per heavy atom. The number of benzene rings is 1. The number of hydrogen-bond acceptors (Lipinski definition) is 3. The molecule has 0 radical (unpaired) electrons. The number of ketones is 1. The summed E-state index contributed by atoms with van der Waals surface area (Å²) in [7, 11) is 0. The van der Waals surface area contributed by atoms with Crippen LogP contribution in [0.5, 0.6) is 0 Å². The van der Waals surface area contributed by atoms with Gasteiger partial charge in [0.1, 0.15) is 6.61 Å². The fourth-order valence-corrected chi connectivity index (χ4v) is 1.89. The van der Waals surface area contributed by atoms with Crippen LogP contribution in [-0.2, 0) is 11.2 Å². The summed E-state index contributed by atoms with van der Waals surface area (Å²) >= 11 is 0. The molecule has 1 aromatic carbocycles. The van der Waals surface area contributed by atoms with Crippen LogP contribution in [0, 0.1) is 13.8 Å². The molecule has 1 heterocycles. The first-order valence-electron chi connectivity index (χ1n) is 6.75. The topological polar surface area (TPSA) is 39.2 Å². The van der Waals surface area contributed by atoms with E-state index >= 15 is 0 Å². The van der Waals surface area contributed by atoms with Crippen LogP contribution in [0.25, 0.3) is 0 Å². The fraction of sp³-hybridized carbons (Fsp3) is 0.294. The quantitative estimate of drug-likeness (QED) is 0.597. The van der Waals surface area contributed by atoms with Crippen LogP contribution in [0.15, 0.2) is 42.6 Å². The Hall–Kier alpha value is -2.00. The minimum Gasteiger partial charge on any atom is -0.373 e. The summed E-state index contributed by atoms with van der Waals surface area (Å²) in [5.41, 5.74) is 4.01. The molecule has 3 nitrogen and oxygen atoms in total. The molecule has 0 saturated carbocycles. The first-order valence-corrected chi connectivity index (χ1v) is 6.75. The molecule has 0 aliphatic heterocycles. The molecule has 0 aliphatic rings. The second-order valence-corrected chi connectivity index (χ2v) is 4.85. The van der Waals surface area contributed by atoms with Crippen molar-refractivity contribution in [2.24, 2.45) is 0 Å². The predicted molar refractivity (Wildman–Crippen MR) is 79.0 cm³/mol. The van der Waals surface area contributed by atoms with Gasteiger partial charge in [-0.2, -0.15) is 0 Å². The molecule has 0 bridgehead atoms. The number of aromatic nitrogens is 1. The van der Waals surface area contributed by atoms with Crippen molar-refractivity contribution in [1.82, 2.24) is 4.98 Å². The molecule has 0 unspecified atom stereocenters. The second-order valence-electron chi connectivity index (χ2n) is 4.85. The SMILES string of the molecule is Cc1ccc(C(=O)COCCc2ccccn2)cc1C. The highest BCUT2D eigenvalue weighted by atomic mass is 16.5. The average molecular weight is 269 g/mol. The van der Waals surface area contributed by atoms with Gasteiger partial charge in [-0.15, -0.1) is 0 Å². The standard InChI is InChI=1S/C17H19NO2/c1-13-6-7-15(11-14(13)2)17(19)12-20-10-8-16-5-3-4-9-18-16/h3-7,9,11H,8,10,12H2,1-2H3. The fourth-order valence-electron chi connectivity index (χ4n) is 1.89. The van der Waals surface area contributed by atoms with Crippen LogP contribution >= 0.6 is 0 Å². The van der Waals surface area contributed by atoms with E-state index in [1.807, 2.05) is 50.2 Å². The van der Waals surface area contributed by atoms with Crippen molar-refractivity contribution < 1.29 is 9.53 Å². The molecule has 0 saturated heterocycles. The highest BCUT2D eigenvalue weighted by Crippen LogP contribution is 2.10. The third kappa shape index (κ3) is 4.00. The van der Waals surface area contributed by atoms with Crippen molar-refractivity contribution in [1.29, 1.82) is 0 Å². The first-order chi connectivity index (χ1) is 9.66. The number of pyridine rings is 1. The predicted octanol–water partition coefficient (Wildman–Crippen LogP) is 3.14. The molecule has 1 aromatic heterocycles. The highest BCUT2D eigenvalue weighted by molar-refractivity contribution is 5.97. The van der Waals surface area contributed by atoms with E-state index in [0.717, 1.165) is 17.7 Å². The van der Waals surface area contributed by atoms with Crippen LogP contribution < -0.4 is 0 Å². The molecule has 104 valence electrons. The summed E-state index contributed by atoms with van der Waals surface area (Å²) in [6.07, 6.45) is 2.48. The van der Waals surface area contributed by atoms with Crippen molar-refractivity contribution >= 4 is 5.78 Å². The van der Waals surface area contributed by atoms with E-state index in [4.69, 9.17) is 4.74 Å². The van der Waals surface area contributed by atoms with Gasteiger partial charge in [-0.3, -0.25) is 9.78 Å². The molecule has 0 atom stereocenters. The molecule has 20 heavy (non-hydrogen) atoms. The number of nitrogens with zero attached hydrogens (tertiary/aromatic N) is 1. The average Bonchev–Trinajstić information content (AvgIpc) is 2.47. The summed E-state index contributed by atoms with van der Waals surface area (Å²) in [5, 5.41) is 0. The van der Waals surface area contributed by atoms with Gasteiger partial charge < -0.3 is 4.74 Å². The van der Waals surface area contributed by atoms with Crippen LogP contribution in [0.3, 0.4) is 0 Å². The lowest BCUT2D eigenvalue weighted by Gasteiger charge is -2.06. The summed E-state index contributed by atoms with van der Waals surface area (Å²) in [6, 6.07) is 11.5. The zero-order valence-electron chi connectivity index (χ0n) is 11.9. The Kier molecular flexibility index (Phi) is 5.02. The van der Waals surface area contributed by atoms with Crippen LogP contribution in [0.1, 0.15) is 27.2 Å². The van der Waals surface area contributed by atoms with Gasteiger partial charge in [0.05, 0.1) is 6.61 Å². The molecule has 3 heteroatoms. The third-order valence-electron chi connectivity index (χ3n) is 3.29. The van der Waals surface area contributed by atoms with E-state index in [2.05, 4.69) is 4.98 Å². The molecule has 0 fully saturated rings. The molecular formula is C17H19NO2. The number of ether oxygens (including phenoxy) is 1. The van der Waals surface area contributed by atoms with Gasteiger partial charge in [0, 0.05) is 23.9 Å². The monoisotopic (exact) mass is 269 g/mol. The number of carbonyl (C=O) groups is 1. The van der Waals surface area contributed by atoms with Gasteiger partial charge in [-0.1, -0.05) is 18.2 Å². The number of Topliss-reactive ketones (excluding diaryl/α,β-unsaturated/α-hetero) is 1. The maximum atomic E-state index is 12.0. The van der Waals surface area contributed by atoms with Gasteiger partial charge >= 0.3 is 0 Å². The molecule has 0 amide bonds. The van der Waals surface area contributed by atoms with E-state index in [0.29, 0.717) is 12.2 Å². The van der Waals surface area contributed by atoms with E-state index in [1.165, 1.54) is 5.56 Å². The minimum atomic E-state index is 0.0223. The highest BCUT2D eigenvalue weighted by Gasteiger charge is 2.07. The molecule has 2 rings (SSSR count). The lowest BCUT2D eigenvalue weighted by molar-refractivity contribution is 0.0764.